The molecule has 1 fully saturated rings. The van der Waals surface area contributed by atoms with Gasteiger partial charge in [-0.2, -0.15) is 0 Å². The van der Waals surface area contributed by atoms with Crippen LogP contribution >= 0.6 is 11.8 Å². The van der Waals surface area contributed by atoms with Crippen molar-refractivity contribution >= 4 is 17.7 Å². The van der Waals surface area contributed by atoms with Crippen LogP contribution in [0.4, 0.5) is 0 Å². The van der Waals surface area contributed by atoms with E-state index in [1.165, 1.54) is 5.56 Å². The third kappa shape index (κ3) is 2.59. The van der Waals surface area contributed by atoms with Crippen molar-refractivity contribution in [3.05, 3.63) is 35.9 Å². The quantitative estimate of drug-likeness (QED) is 0.800. The summed E-state index contributed by atoms with van der Waals surface area (Å²) in [5, 5.41) is 0.387. The number of amides is 1. The Kier molecular flexibility index (Phi) is 3.88. The van der Waals surface area contributed by atoms with E-state index in [2.05, 4.69) is 19.1 Å². The van der Waals surface area contributed by atoms with E-state index in [4.69, 9.17) is 0 Å². The Balaban J connectivity index is 2.04. The molecule has 3 heteroatoms. The van der Waals surface area contributed by atoms with Gasteiger partial charge in [-0.25, -0.2) is 0 Å². The molecule has 2 rings (SSSR count). The zero-order valence-corrected chi connectivity index (χ0v) is 10.4. The number of nitrogens with zero attached hydrogens (tertiary/aromatic N) is 1. The highest BCUT2D eigenvalue weighted by molar-refractivity contribution is 8.00. The minimum absolute atomic E-state index is 0.285. The first-order valence-corrected chi connectivity index (χ1v) is 6.81. The van der Waals surface area contributed by atoms with Crippen LogP contribution in [0.5, 0.6) is 0 Å². The van der Waals surface area contributed by atoms with Crippen molar-refractivity contribution in [2.24, 2.45) is 0 Å². The molecule has 0 saturated carbocycles. The van der Waals surface area contributed by atoms with Crippen LogP contribution < -0.4 is 0 Å². The molecule has 2 nitrogen and oxygen atoms in total. The highest BCUT2D eigenvalue weighted by Gasteiger charge is 2.30. The van der Waals surface area contributed by atoms with Gasteiger partial charge in [0, 0.05) is 6.54 Å². The normalized spacial score (nSPS) is 20.4. The molecule has 1 aliphatic heterocycles. The first-order chi connectivity index (χ1) is 7.81. The number of thioether (sulfide) groups is 1. The maximum Gasteiger partial charge on any atom is 0.233 e. The predicted octanol–water partition coefficient (Wildman–Crippen LogP) is 2.89. The van der Waals surface area contributed by atoms with Crippen LogP contribution in [-0.2, 0) is 11.3 Å². The SMILES string of the molecule is CCCC1SCC(=O)N1Cc1ccccc1. The molecule has 0 aliphatic carbocycles. The average molecular weight is 235 g/mol. The van der Waals surface area contributed by atoms with Crippen LogP contribution in [0.1, 0.15) is 25.3 Å². The van der Waals surface area contributed by atoms with Crippen molar-refractivity contribution in [3.8, 4) is 0 Å². The molecule has 1 saturated heterocycles. The molecule has 1 aromatic carbocycles. The van der Waals surface area contributed by atoms with Gasteiger partial charge in [-0.15, -0.1) is 11.8 Å². The molecule has 86 valence electrons. The van der Waals surface area contributed by atoms with Crippen LogP contribution in [-0.4, -0.2) is 21.9 Å². The summed E-state index contributed by atoms with van der Waals surface area (Å²) in [6.45, 7) is 2.93. The lowest BCUT2D eigenvalue weighted by molar-refractivity contribution is -0.128. The monoisotopic (exact) mass is 235 g/mol. The van der Waals surface area contributed by atoms with Crippen molar-refractivity contribution < 1.29 is 4.79 Å². The summed E-state index contributed by atoms with van der Waals surface area (Å²) in [5.41, 5.74) is 1.22. The third-order valence-electron chi connectivity index (χ3n) is 2.80. The molecule has 1 aliphatic rings. The molecular formula is C13H17NOS. The van der Waals surface area contributed by atoms with Crippen LogP contribution in [0.15, 0.2) is 30.3 Å². The van der Waals surface area contributed by atoms with Crippen LogP contribution in [0.25, 0.3) is 0 Å². The van der Waals surface area contributed by atoms with E-state index in [0.29, 0.717) is 11.1 Å². The van der Waals surface area contributed by atoms with Gasteiger partial charge in [-0.1, -0.05) is 43.7 Å². The highest BCUT2D eigenvalue weighted by atomic mass is 32.2. The Morgan fingerprint density at radius 1 is 1.38 bits per heavy atom. The van der Waals surface area contributed by atoms with Gasteiger partial charge < -0.3 is 4.90 Å². The number of benzene rings is 1. The number of rotatable bonds is 4. The maximum absolute atomic E-state index is 11.8. The molecule has 1 heterocycles. The highest BCUT2D eigenvalue weighted by Crippen LogP contribution is 2.29. The maximum atomic E-state index is 11.8. The van der Waals surface area contributed by atoms with Gasteiger partial charge in [0.1, 0.15) is 0 Å². The lowest BCUT2D eigenvalue weighted by atomic mass is 10.2. The van der Waals surface area contributed by atoms with E-state index >= 15 is 0 Å². The summed E-state index contributed by atoms with van der Waals surface area (Å²) >= 11 is 1.78. The smallest absolute Gasteiger partial charge is 0.233 e. The minimum atomic E-state index is 0.285. The summed E-state index contributed by atoms with van der Waals surface area (Å²) in [4.78, 5) is 13.8. The topological polar surface area (TPSA) is 20.3 Å². The fraction of sp³-hybridized carbons (Fsp3) is 0.462. The summed E-state index contributed by atoms with van der Waals surface area (Å²) in [7, 11) is 0. The van der Waals surface area contributed by atoms with E-state index in [1.54, 1.807) is 11.8 Å². The van der Waals surface area contributed by atoms with Crippen molar-refractivity contribution in [2.75, 3.05) is 5.75 Å². The molecule has 1 atom stereocenters. The van der Waals surface area contributed by atoms with Gasteiger partial charge in [0.15, 0.2) is 0 Å². The summed E-state index contributed by atoms with van der Waals surface area (Å²) < 4.78 is 0. The third-order valence-corrected chi connectivity index (χ3v) is 4.09. The molecule has 0 N–H and O–H groups in total. The fourth-order valence-electron chi connectivity index (χ4n) is 1.96. The number of hydrogen-bond donors (Lipinski definition) is 0. The molecule has 1 amide bonds. The standard InChI is InChI=1S/C13H17NOS/c1-2-6-13-14(12(15)10-16-13)9-11-7-4-3-5-8-11/h3-5,7-8,13H,2,6,9-10H2,1H3. The van der Waals surface area contributed by atoms with Crippen molar-refractivity contribution in [1.29, 1.82) is 0 Å². The number of carbonyl (C=O) groups excluding carboxylic acids is 1. The molecule has 16 heavy (non-hydrogen) atoms. The Labute approximate surface area is 101 Å². The Morgan fingerprint density at radius 3 is 2.81 bits per heavy atom. The van der Waals surface area contributed by atoms with Crippen LogP contribution in [0.2, 0.25) is 0 Å². The predicted molar refractivity (Wildman–Crippen MR) is 68.1 cm³/mol. The molecule has 1 unspecified atom stereocenters. The van der Waals surface area contributed by atoms with Crippen molar-refractivity contribution in [1.82, 2.24) is 4.90 Å². The van der Waals surface area contributed by atoms with Gasteiger partial charge in [-0.3, -0.25) is 4.79 Å². The molecule has 0 aromatic heterocycles. The zero-order valence-electron chi connectivity index (χ0n) is 9.56. The van der Waals surface area contributed by atoms with Gasteiger partial charge in [0.2, 0.25) is 5.91 Å². The van der Waals surface area contributed by atoms with E-state index in [9.17, 15) is 4.79 Å². The second-order valence-electron chi connectivity index (χ2n) is 4.06. The summed E-state index contributed by atoms with van der Waals surface area (Å²) in [6.07, 6.45) is 2.24. The number of carbonyl (C=O) groups is 1. The zero-order chi connectivity index (χ0) is 11.4. The van der Waals surface area contributed by atoms with E-state index in [1.807, 2.05) is 23.1 Å². The number of hydrogen-bond acceptors (Lipinski definition) is 2. The molecule has 0 radical (unpaired) electrons. The minimum Gasteiger partial charge on any atom is -0.326 e. The van der Waals surface area contributed by atoms with E-state index in [0.717, 1.165) is 19.4 Å². The van der Waals surface area contributed by atoms with Crippen molar-refractivity contribution in [3.63, 3.8) is 0 Å². The largest absolute Gasteiger partial charge is 0.326 e. The lowest BCUT2D eigenvalue weighted by Crippen LogP contribution is -2.32. The van der Waals surface area contributed by atoms with Gasteiger partial charge in [0.05, 0.1) is 11.1 Å². The Hall–Kier alpha value is -0.960. The molecule has 0 bridgehead atoms. The lowest BCUT2D eigenvalue weighted by Gasteiger charge is -2.23. The summed E-state index contributed by atoms with van der Waals surface area (Å²) in [6, 6.07) is 10.2. The average Bonchev–Trinajstić information content (AvgIpc) is 2.64. The van der Waals surface area contributed by atoms with Crippen LogP contribution in [0.3, 0.4) is 0 Å². The fourth-order valence-corrected chi connectivity index (χ4v) is 3.23. The second kappa shape index (κ2) is 5.39. The second-order valence-corrected chi connectivity index (χ2v) is 5.23. The van der Waals surface area contributed by atoms with Crippen molar-refractivity contribution in [2.45, 2.75) is 31.7 Å². The molecule has 0 spiro atoms. The van der Waals surface area contributed by atoms with Gasteiger partial charge >= 0.3 is 0 Å². The van der Waals surface area contributed by atoms with Gasteiger partial charge in [0.25, 0.3) is 0 Å². The first kappa shape index (κ1) is 11.5. The molecular weight excluding hydrogens is 218 g/mol. The Morgan fingerprint density at radius 2 is 2.12 bits per heavy atom. The van der Waals surface area contributed by atoms with E-state index in [-0.39, 0.29) is 5.91 Å². The van der Waals surface area contributed by atoms with Gasteiger partial charge in [-0.05, 0) is 12.0 Å². The van der Waals surface area contributed by atoms with Crippen LogP contribution in [0, 0.1) is 0 Å². The summed E-state index contributed by atoms with van der Waals surface area (Å²) in [5.74, 6) is 0.935. The first-order valence-electron chi connectivity index (χ1n) is 5.76. The Bertz CT molecular complexity index is 352. The molecule has 1 aromatic rings. The van der Waals surface area contributed by atoms with E-state index < -0.39 is 0 Å².